The lowest BCUT2D eigenvalue weighted by atomic mass is 10.2. The molecule has 0 saturated carbocycles. The van der Waals surface area contributed by atoms with Gasteiger partial charge in [-0.15, -0.1) is 0 Å². The predicted octanol–water partition coefficient (Wildman–Crippen LogP) is 3.52. The molecule has 2 aromatic carbocycles. The fraction of sp³-hybridized carbons (Fsp3) is 0.176. The van der Waals surface area contributed by atoms with Crippen molar-refractivity contribution in [1.29, 1.82) is 0 Å². The zero-order chi connectivity index (χ0) is 15.9. The van der Waals surface area contributed by atoms with Crippen molar-refractivity contribution in [3.8, 4) is 0 Å². The first kappa shape index (κ1) is 16.2. The molecular weight excluding hydrogens is 344 g/mol. The minimum atomic E-state index is -0.173. The van der Waals surface area contributed by atoms with E-state index in [-0.39, 0.29) is 18.2 Å². The first-order valence-electron chi connectivity index (χ1n) is 6.95. The number of halogens is 1. The Kier molecular flexibility index (Phi) is 5.72. The lowest BCUT2D eigenvalue weighted by Crippen LogP contribution is -2.27. The van der Waals surface area contributed by atoms with E-state index in [4.69, 9.17) is 0 Å². The molecule has 0 fully saturated rings. The number of rotatable bonds is 5. The van der Waals surface area contributed by atoms with Crippen LogP contribution in [-0.2, 0) is 4.79 Å². The van der Waals surface area contributed by atoms with E-state index >= 15 is 0 Å². The average molecular weight is 361 g/mol. The summed E-state index contributed by atoms with van der Waals surface area (Å²) in [5.74, 6) is -0.303. The largest absolute Gasteiger partial charge is 0.352 e. The van der Waals surface area contributed by atoms with Crippen LogP contribution in [-0.4, -0.2) is 18.4 Å². The van der Waals surface area contributed by atoms with Gasteiger partial charge in [0.15, 0.2) is 0 Å². The molecule has 0 saturated heterocycles. The second kappa shape index (κ2) is 7.75. The maximum atomic E-state index is 11.9. The summed E-state index contributed by atoms with van der Waals surface area (Å²) in [6.07, 6.45) is 0.230. The summed E-state index contributed by atoms with van der Waals surface area (Å²) >= 11 is 3.42. The maximum Gasteiger partial charge on any atom is 0.251 e. The number of nitrogens with one attached hydrogen (secondary N) is 2. The molecule has 5 heteroatoms. The summed E-state index contributed by atoms with van der Waals surface area (Å²) in [4.78, 5) is 23.7. The molecule has 0 spiro atoms. The molecule has 114 valence electrons. The topological polar surface area (TPSA) is 58.2 Å². The van der Waals surface area contributed by atoms with E-state index in [1.54, 1.807) is 24.3 Å². The van der Waals surface area contributed by atoms with Crippen LogP contribution in [0.4, 0.5) is 5.69 Å². The van der Waals surface area contributed by atoms with E-state index in [0.717, 1.165) is 15.7 Å². The third-order valence-electron chi connectivity index (χ3n) is 3.12. The van der Waals surface area contributed by atoms with Crippen molar-refractivity contribution in [3.63, 3.8) is 0 Å². The highest BCUT2D eigenvalue weighted by Crippen LogP contribution is 2.19. The zero-order valence-electron chi connectivity index (χ0n) is 12.2. The minimum Gasteiger partial charge on any atom is -0.352 e. The molecule has 0 atom stereocenters. The highest BCUT2D eigenvalue weighted by Gasteiger charge is 2.07. The second-order valence-corrected chi connectivity index (χ2v) is 5.74. The van der Waals surface area contributed by atoms with Gasteiger partial charge in [0.1, 0.15) is 0 Å². The van der Waals surface area contributed by atoms with Gasteiger partial charge < -0.3 is 10.6 Å². The van der Waals surface area contributed by atoms with Crippen LogP contribution in [0, 0.1) is 6.92 Å². The van der Waals surface area contributed by atoms with Gasteiger partial charge in [-0.1, -0.05) is 34.1 Å². The number of carbonyl (C=O) groups excluding carboxylic acids is 2. The summed E-state index contributed by atoms with van der Waals surface area (Å²) in [7, 11) is 0. The lowest BCUT2D eigenvalue weighted by molar-refractivity contribution is -0.116. The molecule has 2 rings (SSSR count). The van der Waals surface area contributed by atoms with Crippen LogP contribution in [0.5, 0.6) is 0 Å². The number of carbonyl (C=O) groups is 2. The molecule has 0 aromatic heterocycles. The summed E-state index contributed by atoms with van der Waals surface area (Å²) in [5, 5.41) is 5.54. The molecule has 0 heterocycles. The van der Waals surface area contributed by atoms with Gasteiger partial charge in [-0.3, -0.25) is 9.59 Å². The monoisotopic (exact) mass is 360 g/mol. The first-order chi connectivity index (χ1) is 10.6. The minimum absolute atomic E-state index is 0.130. The van der Waals surface area contributed by atoms with Crippen molar-refractivity contribution in [2.75, 3.05) is 11.9 Å². The van der Waals surface area contributed by atoms with Crippen LogP contribution >= 0.6 is 15.9 Å². The van der Waals surface area contributed by atoms with Gasteiger partial charge in [0, 0.05) is 28.7 Å². The van der Waals surface area contributed by atoms with Gasteiger partial charge in [-0.25, -0.2) is 0 Å². The van der Waals surface area contributed by atoms with Crippen molar-refractivity contribution in [2.45, 2.75) is 13.3 Å². The van der Waals surface area contributed by atoms with Crippen LogP contribution in [0.15, 0.2) is 53.0 Å². The van der Waals surface area contributed by atoms with Crippen molar-refractivity contribution >= 4 is 33.4 Å². The van der Waals surface area contributed by atoms with Gasteiger partial charge in [0.05, 0.1) is 0 Å². The fourth-order valence-electron chi connectivity index (χ4n) is 1.93. The molecule has 4 nitrogen and oxygen atoms in total. The van der Waals surface area contributed by atoms with Crippen molar-refractivity contribution in [1.82, 2.24) is 5.32 Å². The Bertz CT molecular complexity index is 672. The molecule has 0 aliphatic rings. The number of aryl methyl sites for hydroxylation is 1. The molecule has 0 bridgehead atoms. The number of hydrogen-bond acceptors (Lipinski definition) is 2. The Balaban J connectivity index is 1.78. The van der Waals surface area contributed by atoms with Gasteiger partial charge in [0.2, 0.25) is 5.91 Å². The number of amides is 2. The van der Waals surface area contributed by atoms with Crippen molar-refractivity contribution in [3.05, 3.63) is 64.1 Å². The molecule has 0 radical (unpaired) electrons. The molecule has 2 amide bonds. The Morgan fingerprint density at radius 2 is 1.82 bits per heavy atom. The Hall–Kier alpha value is -2.14. The first-order valence-corrected chi connectivity index (χ1v) is 7.75. The third kappa shape index (κ3) is 4.70. The van der Waals surface area contributed by atoms with Crippen molar-refractivity contribution in [2.24, 2.45) is 0 Å². The summed E-state index contributed by atoms with van der Waals surface area (Å²) in [5.41, 5.74) is 2.39. The number of anilines is 1. The van der Waals surface area contributed by atoms with Crippen LogP contribution < -0.4 is 10.6 Å². The number of benzene rings is 2. The molecule has 22 heavy (non-hydrogen) atoms. The quantitative estimate of drug-likeness (QED) is 0.856. The van der Waals surface area contributed by atoms with E-state index in [1.165, 1.54) is 0 Å². The smallest absolute Gasteiger partial charge is 0.251 e. The molecule has 0 aliphatic carbocycles. The van der Waals surface area contributed by atoms with Crippen LogP contribution in [0.2, 0.25) is 0 Å². The third-order valence-corrected chi connectivity index (χ3v) is 4.01. The summed E-state index contributed by atoms with van der Waals surface area (Å²) < 4.78 is 1.00. The molecule has 2 aromatic rings. The zero-order valence-corrected chi connectivity index (χ0v) is 13.8. The summed E-state index contributed by atoms with van der Waals surface area (Å²) in [6, 6.07) is 14.5. The van der Waals surface area contributed by atoms with Crippen LogP contribution in [0.1, 0.15) is 22.3 Å². The van der Waals surface area contributed by atoms with Gasteiger partial charge in [0.25, 0.3) is 5.91 Å². The van der Waals surface area contributed by atoms with E-state index in [0.29, 0.717) is 12.1 Å². The van der Waals surface area contributed by atoms with Crippen LogP contribution in [0.3, 0.4) is 0 Å². The van der Waals surface area contributed by atoms with Gasteiger partial charge in [-0.05, 0) is 42.8 Å². The number of hydrogen-bond donors (Lipinski definition) is 2. The Labute approximate surface area is 138 Å². The highest BCUT2D eigenvalue weighted by molar-refractivity contribution is 9.10. The predicted molar refractivity (Wildman–Crippen MR) is 90.9 cm³/mol. The standard InChI is InChI=1S/C17H17BrN2O2/c1-12-11-14(7-8-15(12)18)20-16(21)9-10-19-17(22)13-5-3-2-4-6-13/h2-8,11H,9-10H2,1H3,(H,19,22)(H,20,21). The van der Waals surface area contributed by atoms with E-state index in [1.807, 2.05) is 31.2 Å². The molecular formula is C17H17BrN2O2. The second-order valence-electron chi connectivity index (χ2n) is 4.88. The van der Waals surface area contributed by atoms with Crippen molar-refractivity contribution < 1.29 is 9.59 Å². The molecule has 0 unspecified atom stereocenters. The maximum absolute atomic E-state index is 11.9. The average Bonchev–Trinajstić information content (AvgIpc) is 2.51. The lowest BCUT2D eigenvalue weighted by Gasteiger charge is -2.08. The SMILES string of the molecule is Cc1cc(NC(=O)CCNC(=O)c2ccccc2)ccc1Br. The summed E-state index contributed by atoms with van der Waals surface area (Å²) in [6.45, 7) is 2.26. The van der Waals surface area contributed by atoms with E-state index in [9.17, 15) is 9.59 Å². The van der Waals surface area contributed by atoms with Gasteiger partial charge >= 0.3 is 0 Å². The Morgan fingerprint density at radius 1 is 1.09 bits per heavy atom. The van der Waals surface area contributed by atoms with E-state index < -0.39 is 0 Å². The normalized spacial score (nSPS) is 10.1. The Morgan fingerprint density at radius 3 is 2.50 bits per heavy atom. The highest BCUT2D eigenvalue weighted by atomic mass is 79.9. The fourth-order valence-corrected chi connectivity index (χ4v) is 2.17. The van der Waals surface area contributed by atoms with Gasteiger partial charge in [-0.2, -0.15) is 0 Å². The van der Waals surface area contributed by atoms with Crippen LogP contribution in [0.25, 0.3) is 0 Å². The molecule has 0 aliphatic heterocycles. The van der Waals surface area contributed by atoms with E-state index in [2.05, 4.69) is 26.6 Å². The molecule has 2 N–H and O–H groups in total.